The fraction of sp³-hybridized carbons (Fsp3) is 0.375. The number of ether oxygens (including phenoxy) is 2. The summed E-state index contributed by atoms with van der Waals surface area (Å²) in [6, 6.07) is 5.21. The van der Waals surface area contributed by atoms with E-state index < -0.39 is 16.2 Å². The molecule has 1 aliphatic heterocycles. The van der Waals surface area contributed by atoms with Gasteiger partial charge >= 0.3 is 16.2 Å². The van der Waals surface area contributed by atoms with E-state index >= 15 is 0 Å². The highest BCUT2D eigenvalue weighted by Crippen LogP contribution is 2.25. The Hall–Kier alpha value is -2.35. The van der Waals surface area contributed by atoms with Crippen LogP contribution >= 0.6 is 0 Å². The highest BCUT2D eigenvalue weighted by molar-refractivity contribution is 7.88. The molecular weight excluding hydrogens is 332 g/mol. The van der Waals surface area contributed by atoms with Gasteiger partial charge < -0.3 is 9.47 Å². The minimum atomic E-state index is -4.00. The Kier molecular flexibility index (Phi) is 5.28. The van der Waals surface area contributed by atoms with E-state index in [-0.39, 0.29) is 24.6 Å². The number of nitrogens with zero attached hydrogens (tertiary/aromatic N) is 2. The lowest BCUT2D eigenvalue weighted by molar-refractivity contribution is -0.139. The molecule has 0 atom stereocenters. The number of methoxy groups -OCH3 is 1. The van der Waals surface area contributed by atoms with Gasteiger partial charge in [0.1, 0.15) is 11.4 Å². The van der Waals surface area contributed by atoms with Crippen LogP contribution in [0.4, 0.5) is 0 Å². The van der Waals surface area contributed by atoms with E-state index in [0.29, 0.717) is 11.3 Å². The van der Waals surface area contributed by atoms with Crippen molar-refractivity contribution in [3.05, 3.63) is 41.1 Å². The number of aryl methyl sites for hydroxylation is 1. The van der Waals surface area contributed by atoms with Crippen LogP contribution in [0.1, 0.15) is 25.0 Å². The molecule has 0 unspecified atom stereocenters. The standard InChI is InChI=1S/C16H20N2O5S/c1-5-18-14(16(19)23-6-2)10-13(17-24(18,20)21)12-8-7-11(3)15(9-12)22-4/h7-10H,5-6H2,1-4H3. The Morgan fingerprint density at radius 1 is 1.29 bits per heavy atom. The molecule has 0 saturated carbocycles. The van der Waals surface area contributed by atoms with Gasteiger partial charge in [0.25, 0.3) is 0 Å². The van der Waals surface area contributed by atoms with Crippen molar-refractivity contribution in [3.63, 3.8) is 0 Å². The first kappa shape index (κ1) is 18.0. The largest absolute Gasteiger partial charge is 0.496 e. The predicted molar refractivity (Wildman–Crippen MR) is 90.3 cm³/mol. The molecule has 0 aliphatic carbocycles. The Balaban J connectivity index is 2.57. The average molecular weight is 352 g/mol. The maximum absolute atomic E-state index is 12.4. The first-order valence-electron chi connectivity index (χ1n) is 7.50. The number of hydrogen-bond acceptors (Lipinski definition) is 5. The van der Waals surface area contributed by atoms with E-state index in [2.05, 4.69) is 4.40 Å². The maximum atomic E-state index is 12.4. The van der Waals surface area contributed by atoms with Crippen molar-refractivity contribution in [1.82, 2.24) is 4.31 Å². The molecule has 0 amide bonds. The smallest absolute Gasteiger partial charge is 0.355 e. The van der Waals surface area contributed by atoms with Crippen LogP contribution in [0, 0.1) is 6.92 Å². The summed E-state index contributed by atoms with van der Waals surface area (Å²) < 4.78 is 39.7. The molecule has 0 N–H and O–H groups in total. The highest BCUT2D eigenvalue weighted by Gasteiger charge is 2.32. The van der Waals surface area contributed by atoms with Crippen molar-refractivity contribution in [1.29, 1.82) is 0 Å². The molecule has 1 aliphatic rings. The zero-order valence-corrected chi connectivity index (χ0v) is 14.9. The van der Waals surface area contributed by atoms with E-state index in [1.807, 2.05) is 6.92 Å². The molecule has 0 fully saturated rings. The van der Waals surface area contributed by atoms with Crippen molar-refractivity contribution in [3.8, 4) is 5.75 Å². The first-order valence-corrected chi connectivity index (χ1v) is 8.90. The van der Waals surface area contributed by atoms with E-state index in [1.165, 1.54) is 13.2 Å². The second kappa shape index (κ2) is 7.04. The molecule has 2 rings (SSSR count). The van der Waals surface area contributed by atoms with E-state index in [4.69, 9.17) is 9.47 Å². The lowest BCUT2D eigenvalue weighted by Gasteiger charge is -2.25. The van der Waals surface area contributed by atoms with Gasteiger partial charge in [-0.3, -0.25) is 0 Å². The third kappa shape index (κ3) is 3.43. The Labute approximate surface area is 141 Å². The maximum Gasteiger partial charge on any atom is 0.355 e. The summed E-state index contributed by atoms with van der Waals surface area (Å²) >= 11 is 0. The first-order chi connectivity index (χ1) is 11.3. The molecule has 0 saturated heterocycles. The van der Waals surface area contributed by atoms with Gasteiger partial charge in [-0.1, -0.05) is 12.1 Å². The molecule has 1 heterocycles. The van der Waals surface area contributed by atoms with E-state index in [9.17, 15) is 13.2 Å². The average Bonchev–Trinajstić information content (AvgIpc) is 2.53. The molecular formula is C16H20N2O5S. The molecule has 130 valence electrons. The zero-order valence-electron chi connectivity index (χ0n) is 14.1. The zero-order chi connectivity index (χ0) is 17.9. The Morgan fingerprint density at radius 2 is 2.00 bits per heavy atom. The van der Waals surface area contributed by atoms with Gasteiger partial charge in [0.2, 0.25) is 0 Å². The fourth-order valence-corrected chi connectivity index (χ4v) is 3.55. The second-order valence-electron chi connectivity index (χ2n) is 5.05. The quantitative estimate of drug-likeness (QED) is 0.755. The lowest BCUT2D eigenvalue weighted by Crippen LogP contribution is -2.37. The Bertz CT molecular complexity index is 812. The summed E-state index contributed by atoms with van der Waals surface area (Å²) in [6.07, 6.45) is 1.42. The number of esters is 1. The van der Waals surface area contributed by atoms with Crippen LogP contribution in [0.2, 0.25) is 0 Å². The van der Waals surface area contributed by atoms with Gasteiger partial charge in [-0.05, 0) is 38.5 Å². The number of carbonyl (C=O) groups is 1. The number of likely N-dealkylation sites (N-methyl/N-ethyl adjacent to an activating group) is 1. The van der Waals surface area contributed by atoms with Gasteiger partial charge in [-0.15, -0.1) is 4.40 Å². The van der Waals surface area contributed by atoms with Crippen molar-refractivity contribution in [2.24, 2.45) is 4.40 Å². The van der Waals surface area contributed by atoms with Crippen LogP contribution in [-0.2, 0) is 19.7 Å². The van der Waals surface area contributed by atoms with Gasteiger partial charge in [-0.25, -0.2) is 9.10 Å². The molecule has 8 heteroatoms. The molecule has 0 spiro atoms. The predicted octanol–water partition coefficient (Wildman–Crippen LogP) is 1.82. The van der Waals surface area contributed by atoms with E-state index in [0.717, 1.165) is 9.87 Å². The van der Waals surface area contributed by atoms with Crippen LogP contribution < -0.4 is 4.74 Å². The van der Waals surface area contributed by atoms with Gasteiger partial charge in [0.05, 0.1) is 19.4 Å². The lowest BCUT2D eigenvalue weighted by atomic mass is 10.1. The van der Waals surface area contributed by atoms with Crippen molar-refractivity contribution in [2.75, 3.05) is 20.3 Å². The topological polar surface area (TPSA) is 85.3 Å². The molecule has 7 nitrogen and oxygen atoms in total. The molecule has 24 heavy (non-hydrogen) atoms. The normalized spacial score (nSPS) is 16.2. The summed E-state index contributed by atoms with van der Waals surface area (Å²) in [4.78, 5) is 12.1. The highest BCUT2D eigenvalue weighted by atomic mass is 32.2. The fourth-order valence-electron chi connectivity index (χ4n) is 2.34. The molecule has 1 aromatic rings. The number of rotatable bonds is 5. The SMILES string of the molecule is CCOC(=O)C1=CC(c2ccc(C)c(OC)c2)=NS(=O)(=O)N1CC. The molecule has 0 aromatic heterocycles. The van der Waals surface area contributed by atoms with Gasteiger partial charge in [-0.2, -0.15) is 8.42 Å². The van der Waals surface area contributed by atoms with Gasteiger partial charge in [0, 0.05) is 12.1 Å². The van der Waals surface area contributed by atoms with Crippen LogP contribution in [0.15, 0.2) is 34.4 Å². The van der Waals surface area contributed by atoms with Crippen LogP contribution in [0.5, 0.6) is 5.75 Å². The summed E-state index contributed by atoms with van der Waals surface area (Å²) in [7, 11) is -2.47. The second-order valence-corrected chi connectivity index (χ2v) is 6.57. The van der Waals surface area contributed by atoms with E-state index in [1.54, 1.807) is 32.0 Å². The molecule has 0 radical (unpaired) electrons. The third-order valence-corrected chi connectivity index (χ3v) is 4.95. The van der Waals surface area contributed by atoms with Crippen molar-refractivity contribution < 1.29 is 22.7 Å². The van der Waals surface area contributed by atoms with Crippen LogP contribution in [0.25, 0.3) is 0 Å². The summed E-state index contributed by atoms with van der Waals surface area (Å²) in [5, 5.41) is 0. The molecule has 1 aromatic carbocycles. The number of allylic oxidation sites excluding steroid dienone is 1. The summed E-state index contributed by atoms with van der Waals surface area (Å²) in [6.45, 7) is 5.40. The molecule has 0 bridgehead atoms. The number of carbonyl (C=O) groups excluding carboxylic acids is 1. The summed E-state index contributed by atoms with van der Waals surface area (Å²) in [5.41, 5.74) is 1.56. The monoisotopic (exact) mass is 352 g/mol. The number of benzene rings is 1. The van der Waals surface area contributed by atoms with Crippen molar-refractivity contribution >= 4 is 21.9 Å². The van der Waals surface area contributed by atoms with Crippen molar-refractivity contribution in [2.45, 2.75) is 20.8 Å². The van der Waals surface area contributed by atoms with Crippen LogP contribution in [0.3, 0.4) is 0 Å². The third-order valence-electron chi connectivity index (χ3n) is 3.51. The summed E-state index contributed by atoms with van der Waals surface area (Å²) in [5.74, 6) is -0.0917. The minimum absolute atomic E-state index is 0.0520. The Morgan fingerprint density at radius 3 is 2.58 bits per heavy atom. The number of hydrogen-bond donors (Lipinski definition) is 0. The minimum Gasteiger partial charge on any atom is -0.496 e. The van der Waals surface area contributed by atoms with Gasteiger partial charge in [0.15, 0.2) is 0 Å². The van der Waals surface area contributed by atoms with Crippen LogP contribution in [-0.4, -0.2) is 44.7 Å².